The highest BCUT2D eigenvalue weighted by atomic mass is 32.2. The number of ether oxygens (including phenoxy) is 3. The molecule has 11 nitrogen and oxygen atoms in total. The molecule has 0 aromatic heterocycles. The van der Waals surface area contributed by atoms with Gasteiger partial charge in [0.2, 0.25) is 0 Å². The van der Waals surface area contributed by atoms with E-state index in [0.29, 0.717) is 12.8 Å². The van der Waals surface area contributed by atoms with Crippen molar-refractivity contribution in [1.29, 1.82) is 0 Å². The molecule has 2 aliphatic rings. The molecule has 0 saturated carbocycles. The molecule has 2 rings (SSSR count). The number of rotatable bonds is 8. The van der Waals surface area contributed by atoms with Crippen LogP contribution in [0.2, 0.25) is 0 Å². The molecule has 2 amide bonds. The molecule has 2 fully saturated rings. The summed E-state index contributed by atoms with van der Waals surface area (Å²) in [5.41, 5.74) is 0. The molecule has 2 aliphatic heterocycles. The summed E-state index contributed by atoms with van der Waals surface area (Å²) in [6.07, 6.45) is -0.661. The van der Waals surface area contributed by atoms with Crippen molar-refractivity contribution in [3.63, 3.8) is 0 Å². The second-order valence-corrected chi connectivity index (χ2v) is 10.8. The quantitative estimate of drug-likeness (QED) is 0.455. The average Bonchev–Trinajstić information content (AvgIpc) is 3.07. The van der Waals surface area contributed by atoms with Crippen LogP contribution in [0.15, 0.2) is 0 Å². The summed E-state index contributed by atoms with van der Waals surface area (Å²) >= 11 is 0. The molecule has 27 heavy (non-hydrogen) atoms. The van der Waals surface area contributed by atoms with Gasteiger partial charge in [-0.15, -0.1) is 0 Å². The zero-order valence-electron chi connectivity index (χ0n) is 14.7. The van der Waals surface area contributed by atoms with E-state index in [9.17, 15) is 26.4 Å². The Kier molecular flexibility index (Phi) is 7.68. The predicted molar refractivity (Wildman–Crippen MR) is 93.9 cm³/mol. The monoisotopic (exact) mass is 428 g/mol. The molecule has 0 radical (unpaired) electrons. The standard InChI is InChI=1S/C14H24N2O9S2/c17-13(15-11-1-7-26(19,20)9-11)24-5-3-23-4-6-25-14(18)16-12-2-8-27(21,22)10-12/h11-12H,1-10H2,(H,15,17)(H,16,18)/t11-,12-/m0/s1. The van der Waals surface area contributed by atoms with E-state index in [1.54, 1.807) is 0 Å². The first kappa shape index (κ1) is 21.7. The SMILES string of the molecule is O=C(N[C@H]1CCS(=O)(=O)C1)OCCOCCOC(=O)N[C@H]1CCS(=O)(=O)C1. The van der Waals surface area contributed by atoms with Crippen LogP contribution in [0.3, 0.4) is 0 Å². The van der Waals surface area contributed by atoms with Gasteiger partial charge in [0.25, 0.3) is 0 Å². The van der Waals surface area contributed by atoms with Crippen molar-refractivity contribution < 1.29 is 40.6 Å². The molecule has 0 spiro atoms. The molecular formula is C14H24N2O9S2. The van der Waals surface area contributed by atoms with Gasteiger partial charge in [0.1, 0.15) is 13.2 Å². The van der Waals surface area contributed by atoms with Gasteiger partial charge in [0, 0.05) is 12.1 Å². The Hall–Kier alpha value is -1.60. The van der Waals surface area contributed by atoms with Crippen LogP contribution in [0.5, 0.6) is 0 Å². The first-order valence-electron chi connectivity index (χ1n) is 8.50. The summed E-state index contributed by atoms with van der Waals surface area (Å²) < 4.78 is 60.0. The second-order valence-electron chi connectivity index (χ2n) is 6.37. The van der Waals surface area contributed by atoms with Crippen molar-refractivity contribution in [2.24, 2.45) is 0 Å². The summed E-state index contributed by atoms with van der Waals surface area (Å²) in [4.78, 5) is 23.0. The van der Waals surface area contributed by atoms with Crippen LogP contribution in [-0.2, 0) is 33.9 Å². The third kappa shape index (κ3) is 8.30. The molecule has 156 valence electrons. The third-order valence-electron chi connectivity index (χ3n) is 4.03. The van der Waals surface area contributed by atoms with Gasteiger partial charge in [0.05, 0.1) is 36.2 Å². The smallest absolute Gasteiger partial charge is 0.407 e. The van der Waals surface area contributed by atoms with E-state index in [2.05, 4.69) is 10.6 Å². The minimum Gasteiger partial charge on any atom is -0.447 e. The maximum absolute atomic E-state index is 11.5. The molecule has 2 atom stereocenters. The fourth-order valence-corrected chi connectivity index (χ4v) is 6.07. The molecule has 0 aromatic carbocycles. The molecule has 2 heterocycles. The Bertz CT molecular complexity index is 674. The largest absolute Gasteiger partial charge is 0.447 e. The lowest BCUT2D eigenvalue weighted by molar-refractivity contribution is 0.0448. The lowest BCUT2D eigenvalue weighted by Gasteiger charge is -2.12. The van der Waals surface area contributed by atoms with Gasteiger partial charge in [-0.05, 0) is 12.8 Å². The lowest BCUT2D eigenvalue weighted by atomic mass is 10.3. The van der Waals surface area contributed by atoms with Crippen molar-refractivity contribution in [3.8, 4) is 0 Å². The molecular weight excluding hydrogens is 404 g/mol. The van der Waals surface area contributed by atoms with Gasteiger partial charge in [-0.2, -0.15) is 0 Å². The summed E-state index contributed by atoms with van der Waals surface area (Å²) in [7, 11) is -6.14. The van der Waals surface area contributed by atoms with Crippen LogP contribution < -0.4 is 10.6 Å². The van der Waals surface area contributed by atoms with Crippen molar-refractivity contribution in [2.45, 2.75) is 24.9 Å². The highest BCUT2D eigenvalue weighted by Gasteiger charge is 2.30. The van der Waals surface area contributed by atoms with Crippen LogP contribution in [-0.4, -0.2) is 90.5 Å². The van der Waals surface area contributed by atoms with E-state index in [4.69, 9.17) is 14.2 Å². The zero-order chi connectivity index (χ0) is 19.9. The van der Waals surface area contributed by atoms with Gasteiger partial charge >= 0.3 is 12.2 Å². The Morgan fingerprint density at radius 1 is 0.741 bits per heavy atom. The Balaban J connectivity index is 1.44. The number of carbonyl (C=O) groups excluding carboxylic acids is 2. The summed E-state index contributed by atoms with van der Waals surface area (Å²) in [5.74, 6) is -0.0357. The number of sulfone groups is 2. The number of nitrogens with one attached hydrogen (secondary N) is 2. The van der Waals surface area contributed by atoms with Gasteiger partial charge in [-0.25, -0.2) is 26.4 Å². The normalized spacial score (nSPS) is 25.6. The van der Waals surface area contributed by atoms with E-state index < -0.39 is 43.9 Å². The van der Waals surface area contributed by atoms with Crippen molar-refractivity contribution in [2.75, 3.05) is 49.4 Å². The molecule has 2 N–H and O–H groups in total. The van der Waals surface area contributed by atoms with Crippen LogP contribution in [0.25, 0.3) is 0 Å². The predicted octanol–water partition coefficient (Wildman–Crippen LogP) is -1.17. The molecule has 2 saturated heterocycles. The number of alkyl carbamates (subject to hydrolysis) is 2. The number of carbonyl (C=O) groups is 2. The highest BCUT2D eigenvalue weighted by Crippen LogP contribution is 2.12. The van der Waals surface area contributed by atoms with E-state index in [1.165, 1.54) is 0 Å². The first-order chi connectivity index (χ1) is 12.7. The first-order valence-corrected chi connectivity index (χ1v) is 12.1. The molecule has 13 heteroatoms. The van der Waals surface area contributed by atoms with E-state index in [0.717, 1.165) is 0 Å². The Labute approximate surface area is 157 Å². The van der Waals surface area contributed by atoms with Crippen LogP contribution in [0.1, 0.15) is 12.8 Å². The Morgan fingerprint density at radius 2 is 1.15 bits per heavy atom. The molecule has 0 unspecified atom stereocenters. The van der Waals surface area contributed by atoms with Crippen LogP contribution in [0.4, 0.5) is 9.59 Å². The third-order valence-corrected chi connectivity index (χ3v) is 7.57. The van der Waals surface area contributed by atoms with E-state index >= 15 is 0 Å². The number of amides is 2. The average molecular weight is 428 g/mol. The van der Waals surface area contributed by atoms with Crippen LogP contribution in [0, 0.1) is 0 Å². The fraction of sp³-hybridized carbons (Fsp3) is 0.857. The maximum atomic E-state index is 11.5. The zero-order valence-corrected chi connectivity index (χ0v) is 16.3. The lowest BCUT2D eigenvalue weighted by Crippen LogP contribution is -2.36. The number of hydrogen-bond donors (Lipinski definition) is 2. The van der Waals surface area contributed by atoms with Crippen molar-refractivity contribution in [1.82, 2.24) is 10.6 Å². The summed E-state index contributed by atoms with van der Waals surface area (Å²) in [6, 6.07) is -0.852. The second kappa shape index (κ2) is 9.55. The van der Waals surface area contributed by atoms with Crippen molar-refractivity contribution >= 4 is 31.9 Å². The molecule has 0 aliphatic carbocycles. The minimum absolute atomic E-state index is 0.0303. The van der Waals surface area contributed by atoms with E-state index in [-0.39, 0.29) is 49.4 Å². The topological polar surface area (TPSA) is 154 Å². The van der Waals surface area contributed by atoms with Gasteiger partial charge in [-0.1, -0.05) is 0 Å². The summed E-state index contributed by atoms with van der Waals surface area (Å²) in [5, 5.41) is 4.95. The summed E-state index contributed by atoms with van der Waals surface area (Å²) in [6.45, 7) is 0.110. The Morgan fingerprint density at radius 3 is 1.48 bits per heavy atom. The van der Waals surface area contributed by atoms with Crippen LogP contribution >= 0.6 is 0 Å². The molecule has 0 aromatic rings. The van der Waals surface area contributed by atoms with Gasteiger partial charge < -0.3 is 24.8 Å². The minimum atomic E-state index is -3.07. The van der Waals surface area contributed by atoms with Gasteiger partial charge in [0.15, 0.2) is 19.7 Å². The number of hydrogen-bond acceptors (Lipinski definition) is 9. The van der Waals surface area contributed by atoms with Crippen molar-refractivity contribution in [3.05, 3.63) is 0 Å². The fourth-order valence-electron chi connectivity index (χ4n) is 2.72. The maximum Gasteiger partial charge on any atom is 0.407 e. The van der Waals surface area contributed by atoms with Gasteiger partial charge in [-0.3, -0.25) is 0 Å². The highest BCUT2D eigenvalue weighted by molar-refractivity contribution is 7.91. The molecule has 0 bridgehead atoms. The van der Waals surface area contributed by atoms with E-state index in [1.807, 2.05) is 0 Å².